The summed E-state index contributed by atoms with van der Waals surface area (Å²) in [5, 5.41) is 0. The molecule has 0 amide bonds. The van der Waals surface area contributed by atoms with Crippen molar-refractivity contribution in [1.82, 2.24) is 0 Å². The lowest BCUT2D eigenvalue weighted by Crippen LogP contribution is -2.61. The van der Waals surface area contributed by atoms with Gasteiger partial charge >= 0.3 is 6.36 Å². The summed E-state index contributed by atoms with van der Waals surface area (Å²) in [6.07, 6.45) is -4.82. The van der Waals surface area contributed by atoms with Crippen molar-refractivity contribution in [2.24, 2.45) is 0 Å². The molecule has 2 heterocycles. The third-order valence-corrected chi connectivity index (χ3v) is 7.12. The molecule has 0 bridgehead atoms. The molecule has 0 N–H and O–H groups in total. The van der Waals surface area contributed by atoms with Crippen molar-refractivity contribution < 1.29 is 17.9 Å². The second-order valence-corrected chi connectivity index (χ2v) is 9.32. The van der Waals surface area contributed by atoms with Crippen LogP contribution in [0, 0.1) is 0 Å². The van der Waals surface area contributed by atoms with Crippen molar-refractivity contribution in [1.29, 1.82) is 0 Å². The van der Waals surface area contributed by atoms with Crippen LogP contribution in [0.3, 0.4) is 0 Å². The molecule has 2 aliphatic heterocycles. The lowest BCUT2D eigenvalue weighted by molar-refractivity contribution is -0.274. The van der Waals surface area contributed by atoms with Crippen LogP contribution in [0.25, 0.3) is 0 Å². The predicted octanol–water partition coefficient (Wildman–Crippen LogP) is 6.67. The maximum absolute atomic E-state index is 13.6. The Hall–Kier alpha value is -4.65. The van der Waals surface area contributed by atoms with E-state index in [0.29, 0.717) is 11.4 Å². The van der Waals surface area contributed by atoms with Crippen molar-refractivity contribution in [2.75, 3.05) is 9.80 Å². The number of benzene rings is 5. The van der Waals surface area contributed by atoms with Crippen LogP contribution < -0.4 is 30.9 Å². The Morgan fingerprint density at radius 2 is 0.947 bits per heavy atom. The van der Waals surface area contributed by atoms with Gasteiger partial charge in [0.15, 0.2) is 0 Å². The number of rotatable bonds is 3. The fourth-order valence-electron chi connectivity index (χ4n) is 5.78. The summed E-state index contributed by atoms with van der Waals surface area (Å²) < 4.78 is 45.3. The minimum atomic E-state index is -4.82. The standard InChI is InChI=1S/C31H20BF3N2O/c33-31(34,35)38-23-19-28-30-29(20-23)37(22-13-5-2-6-14-22)27-18-10-8-16-25(27)32(30)24-15-7-9-17-26(24)36(28)21-11-3-1-4-12-21/h1-20H. The van der Waals surface area contributed by atoms with Crippen LogP contribution in [0.4, 0.5) is 47.3 Å². The lowest BCUT2D eigenvalue weighted by atomic mass is 9.33. The molecule has 0 saturated heterocycles. The lowest BCUT2D eigenvalue weighted by Gasteiger charge is -2.44. The fourth-order valence-corrected chi connectivity index (χ4v) is 5.78. The summed E-state index contributed by atoms with van der Waals surface area (Å²) in [4.78, 5) is 4.07. The number of hydrogen-bond acceptors (Lipinski definition) is 3. The minimum absolute atomic E-state index is 0.160. The number of hydrogen-bond donors (Lipinski definition) is 0. The normalized spacial score (nSPS) is 13.5. The quantitative estimate of drug-likeness (QED) is 0.250. The zero-order chi connectivity index (χ0) is 25.9. The molecular weight excluding hydrogens is 484 g/mol. The van der Waals surface area contributed by atoms with Crippen LogP contribution in [0.1, 0.15) is 0 Å². The molecule has 2 aliphatic rings. The third-order valence-electron chi connectivity index (χ3n) is 7.12. The third kappa shape index (κ3) is 3.54. The summed E-state index contributed by atoms with van der Waals surface area (Å²) in [7, 11) is 0. The second kappa shape index (κ2) is 8.45. The van der Waals surface area contributed by atoms with Crippen LogP contribution >= 0.6 is 0 Å². The monoisotopic (exact) mass is 504 g/mol. The van der Waals surface area contributed by atoms with Crippen molar-refractivity contribution >= 4 is 57.2 Å². The molecule has 0 fully saturated rings. The van der Waals surface area contributed by atoms with E-state index >= 15 is 0 Å². The van der Waals surface area contributed by atoms with Gasteiger partial charge in [-0.1, -0.05) is 72.8 Å². The fraction of sp³-hybridized carbons (Fsp3) is 0.0323. The van der Waals surface area contributed by atoms with E-state index in [0.717, 1.165) is 39.1 Å². The highest BCUT2D eigenvalue weighted by atomic mass is 19.4. The molecule has 184 valence electrons. The van der Waals surface area contributed by atoms with Crippen molar-refractivity contribution in [2.45, 2.75) is 6.36 Å². The van der Waals surface area contributed by atoms with E-state index in [2.05, 4.69) is 16.9 Å². The van der Waals surface area contributed by atoms with Crippen LogP contribution in [0.5, 0.6) is 5.75 Å². The number of fused-ring (bicyclic) bond motifs is 4. The molecule has 0 aliphatic carbocycles. The van der Waals surface area contributed by atoms with Gasteiger partial charge in [0.25, 0.3) is 6.71 Å². The molecule has 0 saturated carbocycles. The highest BCUT2D eigenvalue weighted by molar-refractivity contribution is 7.00. The van der Waals surface area contributed by atoms with Crippen molar-refractivity contribution in [3.05, 3.63) is 121 Å². The number of para-hydroxylation sites is 4. The van der Waals surface area contributed by atoms with E-state index in [1.165, 1.54) is 12.1 Å². The van der Waals surface area contributed by atoms with E-state index in [4.69, 9.17) is 0 Å². The van der Waals surface area contributed by atoms with Gasteiger partial charge in [0.1, 0.15) is 5.75 Å². The van der Waals surface area contributed by atoms with Crippen molar-refractivity contribution in [3.63, 3.8) is 0 Å². The minimum Gasteiger partial charge on any atom is -0.406 e. The maximum Gasteiger partial charge on any atom is 0.573 e. The van der Waals surface area contributed by atoms with Gasteiger partial charge < -0.3 is 14.5 Å². The average molecular weight is 504 g/mol. The predicted molar refractivity (Wildman–Crippen MR) is 147 cm³/mol. The smallest absolute Gasteiger partial charge is 0.406 e. The Morgan fingerprint density at radius 1 is 0.526 bits per heavy atom. The molecule has 7 rings (SSSR count). The molecule has 0 radical (unpaired) electrons. The Labute approximate surface area is 218 Å². The van der Waals surface area contributed by atoms with Gasteiger partial charge in [0.2, 0.25) is 0 Å². The maximum atomic E-state index is 13.6. The van der Waals surface area contributed by atoms with Crippen LogP contribution in [-0.2, 0) is 0 Å². The van der Waals surface area contributed by atoms with Gasteiger partial charge in [0.05, 0.1) is 0 Å². The zero-order valence-electron chi connectivity index (χ0n) is 20.1. The van der Waals surface area contributed by atoms with E-state index < -0.39 is 6.36 Å². The number of ether oxygens (including phenoxy) is 1. The Bertz CT molecular complexity index is 1550. The average Bonchev–Trinajstić information content (AvgIpc) is 2.93. The topological polar surface area (TPSA) is 15.7 Å². The van der Waals surface area contributed by atoms with E-state index in [1.807, 2.05) is 107 Å². The number of nitrogens with zero attached hydrogens (tertiary/aromatic N) is 2. The number of halogens is 3. The van der Waals surface area contributed by atoms with Crippen LogP contribution in [0.15, 0.2) is 121 Å². The van der Waals surface area contributed by atoms with Gasteiger partial charge in [-0.05, 0) is 52.8 Å². The van der Waals surface area contributed by atoms with E-state index in [-0.39, 0.29) is 12.5 Å². The van der Waals surface area contributed by atoms with E-state index in [1.54, 1.807) is 0 Å². The highest BCUT2D eigenvalue weighted by Gasteiger charge is 2.44. The summed E-state index contributed by atoms with van der Waals surface area (Å²) >= 11 is 0. The molecule has 3 nitrogen and oxygen atoms in total. The Morgan fingerprint density at radius 3 is 1.39 bits per heavy atom. The van der Waals surface area contributed by atoms with Gasteiger partial charge in [-0.15, -0.1) is 13.2 Å². The molecule has 0 unspecified atom stereocenters. The molecule has 7 heteroatoms. The summed E-state index contributed by atoms with van der Waals surface area (Å²) in [5.41, 5.74) is 8.00. The Balaban J connectivity index is 1.60. The van der Waals surface area contributed by atoms with E-state index in [9.17, 15) is 13.2 Å². The number of anilines is 6. The molecule has 5 aromatic rings. The SMILES string of the molecule is FC(F)(F)Oc1cc2c3c(c1)N(c1ccccc1)c1ccccc1B3c1ccccc1N2c1ccccc1. The second-order valence-electron chi connectivity index (χ2n) is 9.32. The summed E-state index contributed by atoms with van der Waals surface area (Å²) in [6, 6.07) is 38.7. The molecule has 0 aromatic heterocycles. The number of alkyl halides is 3. The molecular formula is C31H20BF3N2O. The highest BCUT2D eigenvalue weighted by Crippen LogP contribution is 2.46. The van der Waals surface area contributed by atoms with Crippen LogP contribution in [0.2, 0.25) is 0 Å². The summed E-state index contributed by atoms with van der Waals surface area (Å²) in [5.74, 6) is -0.259. The first-order valence-electron chi connectivity index (χ1n) is 12.3. The Kier molecular flexibility index (Phi) is 5.01. The zero-order valence-corrected chi connectivity index (χ0v) is 20.1. The van der Waals surface area contributed by atoms with Gasteiger partial charge in [-0.3, -0.25) is 0 Å². The first-order chi connectivity index (χ1) is 18.5. The molecule has 0 spiro atoms. The molecule has 5 aromatic carbocycles. The van der Waals surface area contributed by atoms with Crippen molar-refractivity contribution in [3.8, 4) is 5.75 Å². The van der Waals surface area contributed by atoms with Crippen LogP contribution in [-0.4, -0.2) is 13.1 Å². The first kappa shape index (κ1) is 22.5. The first-order valence-corrected chi connectivity index (χ1v) is 12.3. The summed E-state index contributed by atoms with van der Waals surface area (Å²) in [6.45, 7) is -0.160. The van der Waals surface area contributed by atoms with Gasteiger partial charge in [-0.25, -0.2) is 0 Å². The molecule has 38 heavy (non-hydrogen) atoms. The molecule has 0 atom stereocenters. The van der Waals surface area contributed by atoms with Gasteiger partial charge in [-0.2, -0.15) is 0 Å². The largest absolute Gasteiger partial charge is 0.573 e. The van der Waals surface area contributed by atoms with Gasteiger partial charge in [0, 0.05) is 46.3 Å².